The van der Waals surface area contributed by atoms with E-state index in [0.29, 0.717) is 0 Å². The molecule has 1 heterocycles. The Kier molecular flexibility index (Phi) is 4.00. The van der Waals surface area contributed by atoms with Gasteiger partial charge in [0.25, 0.3) is 0 Å². The van der Waals surface area contributed by atoms with Gasteiger partial charge in [0.1, 0.15) is 5.56 Å². The Labute approximate surface area is 100 Å². The van der Waals surface area contributed by atoms with Crippen LogP contribution in [0.1, 0.15) is 16.1 Å². The number of aryl methyl sites for hydroxylation is 1. The van der Waals surface area contributed by atoms with E-state index < -0.39 is 18.2 Å². The molecule has 0 atom stereocenters. The summed E-state index contributed by atoms with van der Waals surface area (Å²) < 4.78 is 49.1. The molecule has 8 heteroatoms. The van der Waals surface area contributed by atoms with Crippen LogP contribution < -0.4 is 9.47 Å². The van der Waals surface area contributed by atoms with Crippen molar-refractivity contribution in [2.75, 3.05) is 14.2 Å². The largest absolute Gasteiger partial charge is 0.574 e. The van der Waals surface area contributed by atoms with Crippen LogP contribution in [0.2, 0.25) is 0 Å². The Morgan fingerprint density at radius 1 is 1.33 bits per heavy atom. The molecule has 0 amide bonds. The molecular formula is C10H10F3NO4. The molecule has 0 aromatic carbocycles. The lowest BCUT2D eigenvalue weighted by Gasteiger charge is -2.13. The lowest BCUT2D eigenvalue weighted by atomic mass is 10.2. The van der Waals surface area contributed by atoms with E-state index in [-0.39, 0.29) is 17.0 Å². The Bertz CT molecular complexity index is 459. The highest BCUT2D eigenvalue weighted by atomic mass is 19.4. The highest BCUT2D eigenvalue weighted by Crippen LogP contribution is 2.29. The summed E-state index contributed by atoms with van der Waals surface area (Å²) in [5, 5.41) is 0. The Morgan fingerprint density at radius 2 is 1.94 bits per heavy atom. The number of methoxy groups -OCH3 is 2. The molecular weight excluding hydrogens is 255 g/mol. The van der Waals surface area contributed by atoms with Gasteiger partial charge in [0.05, 0.1) is 19.9 Å². The van der Waals surface area contributed by atoms with E-state index in [4.69, 9.17) is 4.74 Å². The van der Waals surface area contributed by atoms with Crippen LogP contribution in [0.25, 0.3) is 0 Å². The van der Waals surface area contributed by atoms with Gasteiger partial charge in [-0.3, -0.25) is 0 Å². The third kappa shape index (κ3) is 3.25. The summed E-state index contributed by atoms with van der Waals surface area (Å²) in [7, 11) is 2.36. The van der Waals surface area contributed by atoms with E-state index in [9.17, 15) is 18.0 Å². The van der Waals surface area contributed by atoms with Gasteiger partial charge in [0.2, 0.25) is 5.88 Å². The quantitative estimate of drug-likeness (QED) is 0.783. The van der Waals surface area contributed by atoms with Crippen molar-refractivity contribution in [1.82, 2.24) is 4.98 Å². The van der Waals surface area contributed by atoms with Crippen LogP contribution in [-0.2, 0) is 4.74 Å². The minimum atomic E-state index is -4.89. The number of alkyl halides is 3. The minimum absolute atomic E-state index is 0.0383. The van der Waals surface area contributed by atoms with Crippen molar-refractivity contribution in [3.05, 3.63) is 17.3 Å². The molecule has 100 valence electrons. The molecule has 0 fully saturated rings. The predicted molar refractivity (Wildman–Crippen MR) is 53.5 cm³/mol. The second-order valence-electron chi connectivity index (χ2n) is 3.17. The summed E-state index contributed by atoms with van der Waals surface area (Å²) in [4.78, 5) is 14.9. The van der Waals surface area contributed by atoms with Crippen molar-refractivity contribution in [2.45, 2.75) is 13.3 Å². The second kappa shape index (κ2) is 5.11. The van der Waals surface area contributed by atoms with Gasteiger partial charge in [0, 0.05) is 6.07 Å². The molecule has 1 aromatic heterocycles. The number of ether oxygens (including phenoxy) is 3. The maximum Gasteiger partial charge on any atom is 0.574 e. The van der Waals surface area contributed by atoms with E-state index in [1.165, 1.54) is 14.0 Å². The van der Waals surface area contributed by atoms with E-state index in [1.807, 2.05) is 0 Å². The van der Waals surface area contributed by atoms with Crippen molar-refractivity contribution >= 4 is 5.97 Å². The van der Waals surface area contributed by atoms with Crippen LogP contribution in [0.3, 0.4) is 0 Å². The van der Waals surface area contributed by atoms with Crippen LogP contribution in [0, 0.1) is 6.92 Å². The van der Waals surface area contributed by atoms with E-state index in [0.717, 1.165) is 13.2 Å². The van der Waals surface area contributed by atoms with Gasteiger partial charge in [-0.1, -0.05) is 0 Å². The molecule has 5 nitrogen and oxygen atoms in total. The van der Waals surface area contributed by atoms with Crippen molar-refractivity contribution in [1.29, 1.82) is 0 Å². The molecule has 0 radical (unpaired) electrons. The molecule has 1 aromatic rings. The first-order valence-corrected chi connectivity index (χ1v) is 4.68. The fourth-order valence-corrected chi connectivity index (χ4v) is 1.32. The van der Waals surface area contributed by atoms with Crippen LogP contribution >= 0.6 is 0 Å². The van der Waals surface area contributed by atoms with Crippen molar-refractivity contribution < 1.29 is 32.2 Å². The number of carbonyl (C=O) groups is 1. The van der Waals surface area contributed by atoms with Gasteiger partial charge in [-0.25, -0.2) is 9.78 Å². The van der Waals surface area contributed by atoms with Gasteiger partial charge in [-0.2, -0.15) is 0 Å². The number of rotatable bonds is 3. The zero-order valence-corrected chi connectivity index (χ0v) is 9.79. The van der Waals surface area contributed by atoms with E-state index in [2.05, 4.69) is 14.5 Å². The predicted octanol–water partition coefficient (Wildman–Crippen LogP) is 2.08. The number of esters is 1. The van der Waals surface area contributed by atoms with Gasteiger partial charge < -0.3 is 14.2 Å². The molecule has 18 heavy (non-hydrogen) atoms. The van der Waals surface area contributed by atoms with Crippen molar-refractivity contribution in [3.63, 3.8) is 0 Å². The van der Waals surface area contributed by atoms with Gasteiger partial charge >= 0.3 is 12.3 Å². The summed E-state index contributed by atoms with van der Waals surface area (Å²) in [6, 6.07) is 0.811. The summed E-state index contributed by atoms with van der Waals surface area (Å²) in [5.74, 6) is -1.55. The fourth-order valence-electron chi connectivity index (χ4n) is 1.32. The highest BCUT2D eigenvalue weighted by Gasteiger charge is 2.33. The molecule has 0 aliphatic carbocycles. The molecule has 0 saturated heterocycles. The number of nitrogens with zero attached hydrogens (tertiary/aromatic N) is 1. The molecule has 0 unspecified atom stereocenters. The smallest absolute Gasteiger partial charge is 0.494 e. The summed E-state index contributed by atoms with van der Waals surface area (Å²) in [6.45, 7) is 1.38. The molecule has 0 bridgehead atoms. The Morgan fingerprint density at radius 3 is 2.39 bits per heavy atom. The zero-order chi connectivity index (χ0) is 13.9. The number of hydrogen-bond acceptors (Lipinski definition) is 5. The van der Waals surface area contributed by atoms with Gasteiger partial charge in [-0.05, 0) is 6.92 Å². The first-order valence-electron chi connectivity index (χ1n) is 4.68. The Hall–Kier alpha value is -1.99. The number of halogens is 3. The topological polar surface area (TPSA) is 57.7 Å². The van der Waals surface area contributed by atoms with E-state index >= 15 is 0 Å². The molecule has 0 aliphatic rings. The second-order valence-corrected chi connectivity index (χ2v) is 3.17. The van der Waals surface area contributed by atoms with Gasteiger partial charge in [-0.15, -0.1) is 13.2 Å². The summed E-state index contributed by atoms with van der Waals surface area (Å²) in [6.07, 6.45) is -4.89. The van der Waals surface area contributed by atoms with Crippen molar-refractivity contribution in [2.24, 2.45) is 0 Å². The van der Waals surface area contributed by atoms with Crippen LogP contribution in [0.5, 0.6) is 11.6 Å². The molecule has 1 rings (SSSR count). The van der Waals surface area contributed by atoms with E-state index in [1.54, 1.807) is 0 Å². The monoisotopic (exact) mass is 265 g/mol. The van der Waals surface area contributed by atoms with Crippen LogP contribution in [-0.4, -0.2) is 31.5 Å². The van der Waals surface area contributed by atoms with Crippen LogP contribution in [0.15, 0.2) is 6.07 Å². The van der Waals surface area contributed by atoms with Gasteiger partial charge in [0.15, 0.2) is 5.75 Å². The first-order chi connectivity index (χ1) is 8.28. The lowest BCUT2D eigenvalue weighted by molar-refractivity contribution is -0.276. The average Bonchev–Trinajstić information content (AvgIpc) is 2.25. The number of aromatic nitrogens is 1. The average molecular weight is 265 g/mol. The standard InChI is InChI=1S/C10H10F3NO4/c1-5-8(16-2)6(9(15)17-3)4-7(14-5)18-10(11,12)13/h4H,1-3H3. The summed E-state index contributed by atoms with van der Waals surface area (Å²) >= 11 is 0. The summed E-state index contributed by atoms with van der Waals surface area (Å²) in [5.41, 5.74) is -0.105. The SMILES string of the molecule is COC(=O)c1cc(OC(F)(F)F)nc(C)c1OC. The third-order valence-electron chi connectivity index (χ3n) is 1.95. The fraction of sp³-hybridized carbons (Fsp3) is 0.400. The Balaban J connectivity index is 3.26. The van der Waals surface area contributed by atoms with Crippen LogP contribution in [0.4, 0.5) is 13.2 Å². The third-order valence-corrected chi connectivity index (χ3v) is 1.95. The first kappa shape index (κ1) is 14.1. The molecule has 0 N–H and O–H groups in total. The molecule has 0 saturated carbocycles. The lowest BCUT2D eigenvalue weighted by Crippen LogP contribution is -2.19. The number of carbonyl (C=O) groups excluding carboxylic acids is 1. The molecule has 0 spiro atoms. The number of pyridine rings is 1. The highest BCUT2D eigenvalue weighted by molar-refractivity contribution is 5.93. The van der Waals surface area contributed by atoms with Crippen molar-refractivity contribution in [3.8, 4) is 11.6 Å². The normalized spacial score (nSPS) is 11.0. The maximum absolute atomic E-state index is 12.1. The molecule has 0 aliphatic heterocycles. The number of hydrogen-bond donors (Lipinski definition) is 0. The maximum atomic E-state index is 12.1. The minimum Gasteiger partial charge on any atom is -0.494 e. The zero-order valence-electron chi connectivity index (χ0n) is 9.79.